The third-order valence-corrected chi connectivity index (χ3v) is 3.32. The predicted octanol–water partition coefficient (Wildman–Crippen LogP) is 3.49. The summed E-state index contributed by atoms with van der Waals surface area (Å²) in [5.74, 6) is 0.586. The van der Waals surface area contributed by atoms with Crippen molar-refractivity contribution >= 4 is 28.5 Å². The van der Waals surface area contributed by atoms with Crippen LogP contribution >= 0.6 is 11.3 Å². The van der Waals surface area contributed by atoms with Gasteiger partial charge in [-0.3, -0.25) is 5.43 Å². The van der Waals surface area contributed by atoms with Crippen molar-refractivity contribution < 1.29 is 9.13 Å². The fourth-order valence-electron chi connectivity index (χ4n) is 1.58. The summed E-state index contributed by atoms with van der Waals surface area (Å²) in [5, 5.41) is 6.29. The molecule has 0 atom stereocenters. The smallest absolute Gasteiger partial charge is 0.205 e. The van der Waals surface area contributed by atoms with E-state index < -0.39 is 0 Å². The van der Waals surface area contributed by atoms with Crippen LogP contribution in [-0.4, -0.2) is 17.8 Å². The molecule has 0 aliphatic heterocycles. The van der Waals surface area contributed by atoms with Gasteiger partial charge in [0.2, 0.25) is 5.13 Å². The van der Waals surface area contributed by atoms with Gasteiger partial charge < -0.3 is 10.5 Å². The number of thiazole rings is 1. The minimum Gasteiger partial charge on any atom is -0.493 e. The lowest BCUT2D eigenvalue weighted by molar-refractivity contribution is 0.308. The number of nitrogens with one attached hydrogen (secondary N) is 1. The number of ether oxygens (including phenoxy) is 1. The average Bonchev–Trinajstić information content (AvgIpc) is 2.84. The van der Waals surface area contributed by atoms with Crippen molar-refractivity contribution in [2.75, 3.05) is 17.8 Å². The number of benzene rings is 1. The Balaban J connectivity index is 1.98. The number of nitrogens with two attached hydrogens (primary N) is 1. The molecule has 0 aliphatic carbocycles. The Morgan fingerprint density at radius 3 is 3.05 bits per heavy atom. The van der Waals surface area contributed by atoms with Gasteiger partial charge in [-0.25, -0.2) is 9.37 Å². The summed E-state index contributed by atoms with van der Waals surface area (Å²) < 4.78 is 19.0. The van der Waals surface area contributed by atoms with Crippen LogP contribution in [0.4, 0.5) is 15.3 Å². The number of anilines is 2. The fourth-order valence-corrected chi connectivity index (χ4v) is 2.12. The molecule has 112 valence electrons. The zero-order valence-corrected chi connectivity index (χ0v) is 12.5. The third kappa shape index (κ3) is 5.03. The van der Waals surface area contributed by atoms with Gasteiger partial charge in [0.1, 0.15) is 17.4 Å². The summed E-state index contributed by atoms with van der Waals surface area (Å²) >= 11 is 1.34. The molecule has 2 aromatic rings. The molecule has 0 saturated heterocycles. The molecule has 0 radical (unpaired) electrons. The minimum absolute atomic E-state index is 0.357. The summed E-state index contributed by atoms with van der Waals surface area (Å²) in [6, 6.07) is 4.48. The van der Waals surface area contributed by atoms with Crippen LogP contribution in [0.1, 0.15) is 25.3 Å². The number of hydrazone groups is 1. The molecule has 3 N–H and O–H groups in total. The highest BCUT2D eigenvalue weighted by Gasteiger charge is 2.01. The Morgan fingerprint density at radius 1 is 1.48 bits per heavy atom. The van der Waals surface area contributed by atoms with Gasteiger partial charge in [0, 0.05) is 17.0 Å². The van der Waals surface area contributed by atoms with E-state index in [0.717, 1.165) is 12.8 Å². The topological polar surface area (TPSA) is 72.5 Å². The lowest BCUT2D eigenvalue weighted by Gasteiger charge is -2.06. The molecule has 7 heteroatoms. The van der Waals surface area contributed by atoms with Gasteiger partial charge in [-0.05, 0) is 18.6 Å². The number of aromatic nitrogens is 1. The molecule has 1 heterocycles. The molecule has 0 fully saturated rings. The van der Waals surface area contributed by atoms with Gasteiger partial charge >= 0.3 is 0 Å². The molecule has 0 amide bonds. The summed E-state index contributed by atoms with van der Waals surface area (Å²) in [4.78, 5) is 4.00. The Bertz CT molecular complexity index is 615. The molecule has 0 aliphatic rings. The SMILES string of the molecule is CCCCOc1cc(F)cc(C=NNc2nc(N)cs2)c1. The molecule has 0 bridgehead atoms. The maximum Gasteiger partial charge on any atom is 0.205 e. The highest BCUT2D eigenvalue weighted by Crippen LogP contribution is 2.17. The van der Waals surface area contributed by atoms with Crippen molar-refractivity contribution in [1.29, 1.82) is 0 Å². The minimum atomic E-state index is -0.357. The molecule has 0 spiro atoms. The lowest BCUT2D eigenvalue weighted by Crippen LogP contribution is -1.98. The molecule has 2 rings (SSSR count). The molecular formula is C14H17FN4OS. The van der Waals surface area contributed by atoms with Crippen LogP contribution in [0.2, 0.25) is 0 Å². The van der Waals surface area contributed by atoms with Gasteiger partial charge in [0.15, 0.2) is 0 Å². The van der Waals surface area contributed by atoms with Crippen molar-refractivity contribution in [3.8, 4) is 5.75 Å². The number of nitrogens with zero attached hydrogens (tertiary/aromatic N) is 2. The van der Waals surface area contributed by atoms with Crippen LogP contribution in [0.15, 0.2) is 28.7 Å². The van der Waals surface area contributed by atoms with E-state index >= 15 is 0 Å². The van der Waals surface area contributed by atoms with Crippen LogP contribution in [0.3, 0.4) is 0 Å². The predicted molar refractivity (Wildman–Crippen MR) is 84.5 cm³/mol. The zero-order valence-electron chi connectivity index (χ0n) is 11.7. The quantitative estimate of drug-likeness (QED) is 0.466. The summed E-state index contributed by atoms with van der Waals surface area (Å²) in [6.07, 6.45) is 3.48. The number of rotatable bonds is 7. The number of hydrogen-bond donors (Lipinski definition) is 2. The lowest BCUT2D eigenvalue weighted by atomic mass is 10.2. The molecule has 0 unspecified atom stereocenters. The van der Waals surface area contributed by atoms with E-state index in [1.807, 2.05) is 0 Å². The summed E-state index contributed by atoms with van der Waals surface area (Å²) in [6.45, 7) is 2.65. The van der Waals surface area contributed by atoms with E-state index in [9.17, 15) is 4.39 Å². The van der Waals surface area contributed by atoms with Crippen molar-refractivity contribution in [3.63, 3.8) is 0 Å². The van der Waals surface area contributed by atoms with Crippen LogP contribution < -0.4 is 15.9 Å². The number of halogens is 1. The second-order valence-corrected chi connectivity index (χ2v) is 5.23. The van der Waals surface area contributed by atoms with E-state index in [-0.39, 0.29) is 5.82 Å². The van der Waals surface area contributed by atoms with Crippen LogP contribution in [0.5, 0.6) is 5.75 Å². The summed E-state index contributed by atoms with van der Waals surface area (Å²) in [7, 11) is 0. The van der Waals surface area contributed by atoms with Crippen LogP contribution in [0, 0.1) is 5.82 Å². The third-order valence-electron chi connectivity index (χ3n) is 2.56. The molecule has 1 aromatic heterocycles. The second-order valence-electron chi connectivity index (χ2n) is 4.37. The zero-order chi connectivity index (χ0) is 15.1. The van der Waals surface area contributed by atoms with Crippen molar-refractivity contribution in [3.05, 3.63) is 35.0 Å². The number of hydrogen-bond acceptors (Lipinski definition) is 6. The largest absolute Gasteiger partial charge is 0.493 e. The first-order valence-corrected chi connectivity index (χ1v) is 7.49. The number of nitrogen functional groups attached to an aromatic ring is 1. The van der Waals surface area contributed by atoms with Crippen molar-refractivity contribution in [2.45, 2.75) is 19.8 Å². The fraction of sp³-hybridized carbons (Fsp3) is 0.286. The van der Waals surface area contributed by atoms with Gasteiger partial charge in [-0.2, -0.15) is 5.10 Å². The van der Waals surface area contributed by atoms with Gasteiger partial charge in [-0.1, -0.05) is 13.3 Å². The highest BCUT2D eigenvalue weighted by atomic mass is 32.1. The van der Waals surface area contributed by atoms with E-state index in [0.29, 0.717) is 28.9 Å². The average molecular weight is 308 g/mol. The van der Waals surface area contributed by atoms with E-state index in [1.165, 1.54) is 29.7 Å². The first-order valence-electron chi connectivity index (χ1n) is 6.61. The molecule has 21 heavy (non-hydrogen) atoms. The summed E-state index contributed by atoms with van der Waals surface area (Å²) in [5.41, 5.74) is 8.85. The molecule has 5 nitrogen and oxygen atoms in total. The van der Waals surface area contributed by atoms with Gasteiger partial charge in [-0.15, -0.1) is 11.3 Å². The highest BCUT2D eigenvalue weighted by molar-refractivity contribution is 7.14. The van der Waals surface area contributed by atoms with Gasteiger partial charge in [0.25, 0.3) is 0 Å². The molecular weight excluding hydrogens is 291 g/mol. The molecule has 0 saturated carbocycles. The standard InChI is InChI=1S/C14H17FN4OS/c1-2-3-4-20-12-6-10(5-11(15)7-12)8-17-19-14-18-13(16)9-21-14/h5-9H,2-4,16H2,1H3,(H,18,19). The van der Waals surface area contributed by atoms with E-state index in [1.54, 1.807) is 11.4 Å². The van der Waals surface area contributed by atoms with E-state index in [4.69, 9.17) is 10.5 Å². The van der Waals surface area contributed by atoms with Crippen LogP contribution in [0.25, 0.3) is 0 Å². The Kier molecular flexibility index (Phi) is 5.51. The van der Waals surface area contributed by atoms with E-state index in [2.05, 4.69) is 22.4 Å². The van der Waals surface area contributed by atoms with Crippen molar-refractivity contribution in [2.24, 2.45) is 5.10 Å². The first-order chi connectivity index (χ1) is 10.2. The Labute approximate surface area is 126 Å². The van der Waals surface area contributed by atoms with Gasteiger partial charge in [0.05, 0.1) is 12.8 Å². The first kappa shape index (κ1) is 15.2. The Morgan fingerprint density at radius 2 is 2.33 bits per heavy atom. The maximum atomic E-state index is 13.5. The molecule has 1 aromatic carbocycles. The van der Waals surface area contributed by atoms with Crippen LogP contribution in [-0.2, 0) is 0 Å². The normalized spacial score (nSPS) is 11.0. The Hall–Kier alpha value is -2.15. The maximum absolute atomic E-state index is 13.5. The monoisotopic (exact) mass is 308 g/mol. The number of unbranched alkanes of at least 4 members (excludes halogenated alkanes) is 1. The van der Waals surface area contributed by atoms with Crippen molar-refractivity contribution in [1.82, 2.24) is 4.98 Å². The second kappa shape index (κ2) is 7.58.